The molecular weight excluding hydrogens is 346 g/mol. The Morgan fingerprint density at radius 1 is 0.962 bits per heavy atom. The molecule has 4 atom stereocenters. The Balaban J connectivity index is 2.90. The third-order valence-corrected chi connectivity index (χ3v) is 4.14. The first-order valence-electron chi connectivity index (χ1n) is 8.62. The zero-order chi connectivity index (χ0) is 19.9. The molecule has 9 nitrogen and oxygen atoms in total. The molecule has 0 spiro atoms. The lowest BCUT2D eigenvalue weighted by Gasteiger charge is -2.40. The van der Waals surface area contributed by atoms with E-state index in [1.54, 1.807) is 0 Å². The number of nitrogens with zero attached hydrogens (tertiary/aromatic N) is 1. The highest BCUT2D eigenvalue weighted by atomic mass is 16.7. The summed E-state index contributed by atoms with van der Waals surface area (Å²) >= 11 is 0. The van der Waals surface area contributed by atoms with Crippen molar-refractivity contribution in [3.8, 4) is 0 Å². The van der Waals surface area contributed by atoms with Crippen molar-refractivity contribution >= 4 is 17.9 Å². The Bertz CT molecular complexity index is 507. The fraction of sp³-hybridized carbons (Fsp3) is 0.824. The average molecular weight is 376 g/mol. The lowest BCUT2D eigenvalue weighted by atomic mass is 10.0. The Morgan fingerprint density at radius 3 is 2.00 bits per heavy atom. The molecule has 0 aromatic rings. The fourth-order valence-corrected chi connectivity index (χ4v) is 2.43. The van der Waals surface area contributed by atoms with E-state index in [0.29, 0.717) is 6.61 Å². The Morgan fingerprint density at radius 2 is 1.50 bits per heavy atom. The lowest BCUT2D eigenvalue weighted by Crippen LogP contribution is -2.58. The van der Waals surface area contributed by atoms with Gasteiger partial charge in [0.15, 0.2) is 24.6 Å². The minimum atomic E-state index is -1.04. The van der Waals surface area contributed by atoms with Crippen molar-refractivity contribution in [1.82, 2.24) is 0 Å². The molecule has 1 aliphatic heterocycles. The molecule has 0 aromatic heterocycles. The summed E-state index contributed by atoms with van der Waals surface area (Å²) in [4.78, 5) is 34.3. The van der Waals surface area contributed by atoms with Crippen LogP contribution in [0.5, 0.6) is 0 Å². The highest BCUT2D eigenvalue weighted by Crippen LogP contribution is 2.25. The lowest BCUT2D eigenvalue weighted by molar-refractivity contribution is -0.889. The number of hydrogen-bond donors (Lipinski definition) is 0. The van der Waals surface area contributed by atoms with Gasteiger partial charge < -0.3 is 28.2 Å². The predicted molar refractivity (Wildman–Crippen MR) is 89.9 cm³/mol. The minimum absolute atomic E-state index is 0.0357. The standard InChI is InChI=1S/C17H30NO8/c1-7-18(5,6)8-9-22-17-16(26-13(4)21)15(25-12(3)20)14(10-23-17)24-11(2)19/h14-17H,7-10H2,1-6H3/q+1/t14-,15-,16+,17+/m0/s1. The molecule has 0 amide bonds. The highest BCUT2D eigenvalue weighted by Gasteiger charge is 2.47. The molecule has 1 fully saturated rings. The molecule has 1 aliphatic rings. The number of hydrogen-bond acceptors (Lipinski definition) is 8. The summed E-state index contributed by atoms with van der Waals surface area (Å²) < 4.78 is 27.8. The van der Waals surface area contributed by atoms with Gasteiger partial charge in [0.1, 0.15) is 6.54 Å². The van der Waals surface area contributed by atoms with Gasteiger partial charge in [-0.15, -0.1) is 0 Å². The van der Waals surface area contributed by atoms with E-state index in [1.807, 2.05) is 0 Å². The molecule has 9 heteroatoms. The summed E-state index contributed by atoms with van der Waals surface area (Å²) in [6.07, 6.45) is -3.85. The van der Waals surface area contributed by atoms with Crippen LogP contribution in [0.2, 0.25) is 0 Å². The zero-order valence-corrected chi connectivity index (χ0v) is 16.4. The summed E-state index contributed by atoms with van der Waals surface area (Å²) in [6.45, 7) is 7.72. The van der Waals surface area contributed by atoms with Crippen LogP contribution in [0.1, 0.15) is 27.7 Å². The third-order valence-electron chi connectivity index (χ3n) is 4.14. The molecule has 26 heavy (non-hydrogen) atoms. The molecular formula is C17H30NO8+. The van der Waals surface area contributed by atoms with Crippen molar-refractivity contribution in [3.05, 3.63) is 0 Å². The first-order chi connectivity index (χ1) is 12.1. The molecule has 150 valence electrons. The van der Waals surface area contributed by atoms with Crippen molar-refractivity contribution in [2.24, 2.45) is 0 Å². The third kappa shape index (κ3) is 7.27. The molecule has 0 aromatic carbocycles. The van der Waals surface area contributed by atoms with Crippen LogP contribution in [-0.2, 0) is 38.1 Å². The van der Waals surface area contributed by atoms with Crippen LogP contribution in [0.25, 0.3) is 0 Å². The summed E-state index contributed by atoms with van der Waals surface area (Å²) in [5.74, 6) is -1.73. The normalized spacial score (nSPS) is 26.1. The van der Waals surface area contributed by atoms with Crippen LogP contribution in [0.4, 0.5) is 0 Å². The second-order valence-electron chi connectivity index (χ2n) is 6.84. The maximum Gasteiger partial charge on any atom is 0.303 e. The Kier molecular flexibility index (Phi) is 8.45. The molecule has 0 unspecified atom stereocenters. The molecule has 1 saturated heterocycles. The van der Waals surface area contributed by atoms with Crippen LogP contribution in [0.15, 0.2) is 0 Å². The van der Waals surface area contributed by atoms with Gasteiger partial charge in [0, 0.05) is 20.8 Å². The number of ether oxygens (including phenoxy) is 5. The van der Waals surface area contributed by atoms with Crippen LogP contribution in [-0.4, -0.2) is 87.4 Å². The molecule has 0 N–H and O–H groups in total. The van der Waals surface area contributed by atoms with Crippen molar-refractivity contribution in [2.45, 2.75) is 52.3 Å². The predicted octanol–water partition coefficient (Wildman–Crippen LogP) is 0.251. The number of carbonyl (C=O) groups is 3. The second kappa shape index (κ2) is 9.84. The van der Waals surface area contributed by atoms with Crippen molar-refractivity contribution in [2.75, 3.05) is 40.4 Å². The van der Waals surface area contributed by atoms with E-state index in [9.17, 15) is 14.4 Å². The summed E-state index contributed by atoms with van der Waals surface area (Å²) in [6, 6.07) is 0. The van der Waals surface area contributed by atoms with Crippen molar-refractivity contribution in [1.29, 1.82) is 0 Å². The Labute approximate surface area is 154 Å². The molecule has 0 bridgehead atoms. The molecule has 0 aliphatic carbocycles. The molecule has 1 rings (SSSR count). The summed E-state index contributed by atoms with van der Waals surface area (Å²) in [5.41, 5.74) is 0. The Hall–Kier alpha value is -1.71. The average Bonchev–Trinajstić information content (AvgIpc) is 2.51. The van der Waals surface area contributed by atoms with Gasteiger partial charge in [-0.3, -0.25) is 14.4 Å². The van der Waals surface area contributed by atoms with Gasteiger partial charge in [-0.25, -0.2) is 0 Å². The zero-order valence-electron chi connectivity index (χ0n) is 16.4. The van der Waals surface area contributed by atoms with Crippen molar-refractivity contribution in [3.63, 3.8) is 0 Å². The van der Waals surface area contributed by atoms with E-state index in [4.69, 9.17) is 23.7 Å². The SMILES string of the molecule is CC[N+](C)(C)CCO[C@@H]1OC[C@H](OC(C)=O)[C@H](OC(C)=O)[C@H]1OC(C)=O. The number of quaternary nitrogens is 1. The molecule has 1 heterocycles. The van der Waals surface area contributed by atoms with Crippen LogP contribution < -0.4 is 0 Å². The second-order valence-corrected chi connectivity index (χ2v) is 6.84. The van der Waals surface area contributed by atoms with Gasteiger partial charge in [-0.1, -0.05) is 0 Å². The van der Waals surface area contributed by atoms with Gasteiger partial charge >= 0.3 is 17.9 Å². The van der Waals surface area contributed by atoms with Gasteiger partial charge in [-0.2, -0.15) is 0 Å². The monoisotopic (exact) mass is 376 g/mol. The number of likely N-dealkylation sites (N-methyl/N-ethyl adjacent to an activating group) is 1. The minimum Gasteiger partial charge on any atom is -0.456 e. The molecule has 0 saturated carbocycles. The summed E-state index contributed by atoms with van der Waals surface area (Å²) in [7, 11) is 4.13. The van der Waals surface area contributed by atoms with Gasteiger partial charge in [0.2, 0.25) is 0 Å². The highest BCUT2D eigenvalue weighted by molar-refractivity contribution is 5.68. The van der Waals surface area contributed by atoms with E-state index in [1.165, 1.54) is 20.8 Å². The van der Waals surface area contributed by atoms with Crippen LogP contribution >= 0.6 is 0 Å². The largest absolute Gasteiger partial charge is 0.456 e. The number of rotatable bonds is 8. The fourth-order valence-electron chi connectivity index (χ4n) is 2.43. The van der Waals surface area contributed by atoms with Crippen molar-refractivity contribution < 1.29 is 42.6 Å². The van der Waals surface area contributed by atoms with E-state index < -0.39 is 42.5 Å². The first-order valence-corrected chi connectivity index (χ1v) is 8.62. The van der Waals surface area contributed by atoms with Crippen LogP contribution in [0.3, 0.4) is 0 Å². The maximum atomic E-state index is 11.5. The van der Waals surface area contributed by atoms with E-state index in [-0.39, 0.29) is 6.61 Å². The maximum absolute atomic E-state index is 11.5. The quantitative estimate of drug-likeness (QED) is 0.338. The molecule has 0 radical (unpaired) electrons. The number of esters is 3. The first kappa shape index (κ1) is 22.3. The summed E-state index contributed by atoms with van der Waals surface area (Å²) in [5, 5.41) is 0. The topological polar surface area (TPSA) is 97.4 Å². The number of carbonyl (C=O) groups excluding carboxylic acids is 3. The van der Waals surface area contributed by atoms with Crippen LogP contribution in [0, 0.1) is 0 Å². The van der Waals surface area contributed by atoms with Gasteiger partial charge in [-0.05, 0) is 6.92 Å². The van der Waals surface area contributed by atoms with E-state index in [2.05, 4.69) is 21.0 Å². The smallest absolute Gasteiger partial charge is 0.303 e. The van der Waals surface area contributed by atoms with E-state index in [0.717, 1.165) is 17.6 Å². The van der Waals surface area contributed by atoms with Gasteiger partial charge in [0.25, 0.3) is 0 Å². The van der Waals surface area contributed by atoms with Gasteiger partial charge in [0.05, 0.1) is 33.9 Å². The van der Waals surface area contributed by atoms with E-state index >= 15 is 0 Å².